The third-order valence-electron chi connectivity index (χ3n) is 4.74. The fraction of sp³-hybridized carbons (Fsp3) is 0.182. The largest absolute Gasteiger partial charge is 0.460 e. The van der Waals surface area contributed by atoms with Gasteiger partial charge in [-0.2, -0.15) is 0 Å². The number of para-hydroxylation sites is 1. The molecule has 0 aliphatic heterocycles. The predicted molar refractivity (Wildman–Crippen MR) is 115 cm³/mol. The molecule has 0 fully saturated rings. The van der Waals surface area contributed by atoms with Crippen LogP contribution in [0.15, 0.2) is 65.2 Å². The highest BCUT2D eigenvalue weighted by atomic mass is 35.5. The van der Waals surface area contributed by atoms with Crippen LogP contribution in [0.1, 0.15) is 16.9 Å². The van der Waals surface area contributed by atoms with Gasteiger partial charge in [0, 0.05) is 27.7 Å². The number of H-pyrrole nitrogens is 1. The Bertz CT molecular complexity index is 1040. The summed E-state index contributed by atoms with van der Waals surface area (Å²) < 4.78 is 5.99. The second-order valence-corrected chi connectivity index (χ2v) is 6.87. The van der Waals surface area contributed by atoms with Crippen LogP contribution in [0.4, 0.5) is 0 Å². The highest BCUT2D eigenvalue weighted by Gasteiger charge is 2.09. The van der Waals surface area contributed by atoms with Gasteiger partial charge >= 0.3 is 0 Å². The molecule has 0 radical (unpaired) electrons. The molecule has 140 valence electrons. The van der Waals surface area contributed by atoms with Gasteiger partial charge in [0.1, 0.15) is 11.5 Å². The van der Waals surface area contributed by atoms with Crippen molar-refractivity contribution in [2.24, 2.45) is 0 Å². The standard InChI is InChI=1S/C22H21ClN2O.ClH/c1-15-18(6-4-7-20(15)23)22-10-9-17(26-22)14-24-12-11-16-13-25-21-8-3-2-5-19(16)21;/h2-10,13,24-25H,11-12,14H2,1H3;1H. The van der Waals surface area contributed by atoms with E-state index in [1.165, 1.54) is 16.5 Å². The zero-order valence-electron chi connectivity index (χ0n) is 15.1. The first-order valence-corrected chi connectivity index (χ1v) is 9.20. The number of hydrogen-bond acceptors (Lipinski definition) is 2. The summed E-state index contributed by atoms with van der Waals surface area (Å²) in [5.41, 5.74) is 4.61. The summed E-state index contributed by atoms with van der Waals surface area (Å²) in [4.78, 5) is 3.32. The van der Waals surface area contributed by atoms with Crippen LogP contribution in [0.25, 0.3) is 22.2 Å². The molecule has 4 aromatic rings. The Morgan fingerprint density at radius 3 is 2.78 bits per heavy atom. The van der Waals surface area contributed by atoms with E-state index in [-0.39, 0.29) is 12.4 Å². The molecular formula is C22H22Cl2N2O. The summed E-state index contributed by atoms with van der Waals surface area (Å²) in [5.74, 6) is 1.79. The molecule has 0 aliphatic rings. The number of fused-ring (bicyclic) bond motifs is 1. The van der Waals surface area contributed by atoms with E-state index in [4.69, 9.17) is 16.0 Å². The van der Waals surface area contributed by atoms with Crippen LogP contribution < -0.4 is 5.32 Å². The first kappa shape index (κ1) is 19.6. The summed E-state index contributed by atoms with van der Waals surface area (Å²) >= 11 is 6.21. The van der Waals surface area contributed by atoms with Gasteiger partial charge < -0.3 is 14.7 Å². The van der Waals surface area contributed by atoms with Crippen LogP contribution in [-0.4, -0.2) is 11.5 Å². The highest BCUT2D eigenvalue weighted by Crippen LogP contribution is 2.29. The molecule has 4 rings (SSSR count). The first-order valence-electron chi connectivity index (χ1n) is 8.82. The van der Waals surface area contributed by atoms with Gasteiger partial charge in [-0.05, 0) is 55.3 Å². The number of aromatic nitrogens is 1. The van der Waals surface area contributed by atoms with Crippen molar-refractivity contribution in [1.29, 1.82) is 0 Å². The number of halogens is 2. The molecule has 2 heterocycles. The normalized spacial score (nSPS) is 10.9. The van der Waals surface area contributed by atoms with E-state index in [9.17, 15) is 0 Å². The van der Waals surface area contributed by atoms with Gasteiger partial charge in [-0.15, -0.1) is 12.4 Å². The fourth-order valence-corrected chi connectivity index (χ4v) is 3.44. The van der Waals surface area contributed by atoms with Gasteiger partial charge in [0.2, 0.25) is 0 Å². The number of hydrogen-bond donors (Lipinski definition) is 2. The van der Waals surface area contributed by atoms with Crippen LogP contribution in [0.5, 0.6) is 0 Å². The summed E-state index contributed by atoms with van der Waals surface area (Å²) in [6.07, 6.45) is 3.07. The Kier molecular flexibility index (Phi) is 6.27. The Balaban J connectivity index is 0.00000210. The van der Waals surface area contributed by atoms with Crippen molar-refractivity contribution in [3.8, 4) is 11.3 Å². The van der Waals surface area contributed by atoms with Crippen LogP contribution >= 0.6 is 24.0 Å². The number of nitrogens with one attached hydrogen (secondary N) is 2. The van der Waals surface area contributed by atoms with E-state index in [0.29, 0.717) is 6.54 Å². The average Bonchev–Trinajstić information content (AvgIpc) is 3.28. The molecule has 27 heavy (non-hydrogen) atoms. The third kappa shape index (κ3) is 4.22. The lowest BCUT2D eigenvalue weighted by molar-refractivity contribution is 0.494. The zero-order chi connectivity index (χ0) is 17.9. The SMILES string of the molecule is Cc1c(Cl)cccc1-c1ccc(CNCCc2c[nH]c3ccccc23)o1.Cl. The molecule has 2 aromatic carbocycles. The van der Waals surface area contributed by atoms with Crippen molar-refractivity contribution in [3.63, 3.8) is 0 Å². The third-order valence-corrected chi connectivity index (χ3v) is 5.15. The lowest BCUT2D eigenvalue weighted by Gasteiger charge is -2.05. The molecule has 0 bridgehead atoms. The summed E-state index contributed by atoms with van der Waals surface area (Å²) in [6, 6.07) is 18.3. The smallest absolute Gasteiger partial charge is 0.134 e. The highest BCUT2D eigenvalue weighted by molar-refractivity contribution is 6.31. The van der Waals surface area contributed by atoms with Gasteiger partial charge in [0.15, 0.2) is 0 Å². The number of rotatable bonds is 6. The van der Waals surface area contributed by atoms with E-state index in [1.807, 2.05) is 37.3 Å². The van der Waals surface area contributed by atoms with Gasteiger partial charge in [0.25, 0.3) is 0 Å². The Labute approximate surface area is 170 Å². The van der Waals surface area contributed by atoms with Gasteiger partial charge in [-0.25, -0.2) is 0 Å². The maximum atomic E-state index is 6.21. The van der Waals surface area contributed by atoms with Crippen molar-refractivity contribution in [2.75, 3.05) is 6.54 Å². The van der Waals surface area contributed by atoms with Gasteiger partial charge in [0.05, 0.1) is 6.54 Å². The lowest BCUT2D eigenvalue weighted by atomic mass is 10.1. The molecule has 5 heteroatoms. The van der Waals surface area contributed by atoms with Gasteiger partial charge in [-0.3, -0.25) is 0 Å². The number of aromatic amines is 1. The second kappa shape index (κ2) is 8.66. The fourth-order valence-electron chi connectivity index (χ4n) is 3.27. The molecular weight excluding hydrogens is 379 g/mol. The second-order valence-electron chi connectivity index (χ2n) is 6.46. The topological polar surface area (TPSA) is 41.0 Å². The minimum Gasteiger partial charge on any atom is -0.460 e. The average molecular weight is 401 g/mol. The van der Waals surface area contributed by atoms with E-state index in [2.05, 4.69) is 40.8 Å². The Morgan fingerprint density at radius 2 is 1.89 bits per heavy atom. The van der Waals surface area contributed by atoms with E-state index in [0.717, 1.165) is 40.6 Å². The summed E-state index contributed by atoms with van der Waals surface area (Å²) in [5, 5.41) is 5.52. The van der Waals surface area contributed by atoms with Crippen LogP contribution in [0, 0.1) is 6.92 Å². The molecule has 0 spiro atoms. The minimum absolute atomic E-state index is 0. The van der Waals surface area contributed by atoms with Crippen LogP contribution in [-0.2, 0) is 13.0 Å². The van der Waals surface area contributed by atoms with Crippen LogP contribution in [0.3, 0.4) is 0 Å². The zero-order valence-corrected chi connectivity index (χ0v) is 16.7. The van der Waals surface area contributed by atoms with Crippen molar-refractivity contribution in [1.82, 2.24) is 10.3 Å². The predicted octanol–water partition coefficient (Wildman–Crippen LogP) is 6.14. The van der Waals surface area contributed by atoms with E-state index < -0.39 is 0 Å². The summed E-state index contributed by atoms with van der Waals surface area (Å²) in [7, 11) is 0. The minimum atomic E-state index is 0. The quantitative estimate of drug-likeness (QED) is 0.381. The molecule has 0 atom stereocenters. The molecule has 2 aromatic heterocycles. The van der Waals surface area contributed by atoms with Crippen molar-refractivity contribution in [2.45, 2.75) is 19.9 Å². The van der Waals surface area contributed by atoms with Crippen molar-refractivity contribution < 1.29 is 4.42 Å². The Morgan fingerprint density at radius 1 is 1.04 bits per heavy atom. The van der Waals surface area contributed by atoms with Crippen molar-refractivity contribution in [3.05, 3.63) is 82.7 Å². The molecule has 0 amide bonds. The molecule has 0 saturated heterocycles. The van der Waals surface area contributed by atoms with E-state index >= 15 is 0 Å². The first-order chi connectivity index (χ1) is 12.7. The monoisotopic (exact) mass is 400 g/mol. The van der Waals surface area contributed by atoms with Gasteiger partial charge in [-0.1, -0.05) is 41.9 Å². The lowest BCUT2D eigenvalue weighted by Crippen LogP contribution is -2.16. The molecule has 2 N–H and O–H groups in total. The maximum Gasteiger partial charge on any atom is 0.134 e. The molecule has 0 aliphatic carbocycles. The number of furan rings is 1. The number of benzene rings is 2. The van der Waals surface area contributed by atoms with Crippen LogP contribution in [0.2, 0.25) is 5.02 Å². The molecule has 0 unspecified atom stereocenters. The molecule has 3 nitrogen and oxygen atoms in total. The maximum absolute atomic E-state index is 6.21. The van der Waals surface area contributed by atoms with Crippen molar-refractivity contribution >= 4 is 34.9 Å². The summed E-state index contributed by atoms with van der Waals surface area (Å²) in [6.45, 7) is 3.62. The Hall–Kier alpha value is -2.20. The van der Waals surface area contributed by atoms with E-state index in [1.54, 1.807) is 0 Å². The molecule has 0 saturated carbocycles.